The average molecular weight is 375 g/mol. The van der Waals surface area contributed by atoms with Crippen LogP contribution in [0, 0.1) is 23.7 Å². The number of hydrogen-bond donors (Lipinski definition) is 2. The Morgan fingerprint density at radius 2 is 2.04 bits per heavy atom. The van der Waals surface area contributed by atoms with Gasteiger partial charge in [0.15, 0.2) is 0 Å². The number of hydrogen-bond acceptors (Lipinski definition) is 4. The molecule has 1 atom stereocenters. The number of nitrogens with zero attached hydrogens (tertiary/aromatic N) is 2. The SMILES string of the molecule is Cc1nn(CC23CCC(OC(N)=O)(CC2)C(C(C)(C)C)C3)c2c1CNCC2. The molecule has 1 aliphatic heterocycles. The quantitative estimate of drug-likeness (QED) is 0.850. The van der Waals surface area contributed by atoms with E-state index in [1.54, 1.807) is 0 Å². The minimum atomic E-state index is -0.622. The van der Waals surface area contributed by atoms with Gasteiger partial charge in [0.05, 0.1) is 5.69 Å². The van der Waals surface area contributed by atoms with Crippen LogP contribution in [0.2, 0.25) is 0 Å². The number of nitrogens with two attached hydrogens (primary N) is 1. The Hall–Kier alpha value is -1.56. The van der Waals surface area contributed by atoms with E-state index in [1.165, 1.54) is 17.0 Å². The Labute approximate surface area is 162 Å². The first kappa shape index (κ1) is 18.8. The van der Waals surface area contributed by atoms with Gasteiger partial charge < -0.3 is 15.8 Å². The second-order valence-electron chi connectivity index (χ2n) is 10.2. The molecule has 150 valence electrons. The van der Waals surface area contributed by atoms with Crippen LogP contribution in [0.3, 0.4) is 0 Å². The fourth-order valence-corrected chi connectivity index (χ4v) is 6.11. The molecule has 0 aromatic carbocycles. The summed E-state index contributed by atoms with van der Waals surface area (Å²) in [5.41, 5.74) is 9.38. The van der Waals surface area contributed by atoms with Gasteiger partial charge in [0.2, 0.25) is 0 Å². The highest BCUT2D eigenvalue weighted by Gasteiger charge is 2.59. The lowest BCUT2D eigenvalue weighted by atomic mass is 9.49. The van der Waals surface area contributed by atoms with Crippen molar-refractivity contribution in [2.45, 2.75) is 84.9 Å². The van der Waals surface area contributed by atoms with Gasteiger partial charge >= 0.3 is 6.09 Å². The van der Waals surface area contributed by atoms with Gasteiger partial charge in [0.25, 0.3) is 0 Å². The maximum absolute atomic E-state index is 11.6. The van der Waals surface area contributed by atoms with Crippen LogP contribution in [-0.2, 0) is 24.2 Å². The van der Waals surface area contributed by atoms with Crippen LogP contribution in [0.1, 0.15) is 69.8 Å². The lowest BCUT2D eigenvalue weighted by Gasteiger charge is -2.60. The summed E-state index contributed by atoms with van der Waals surface area (Å²) in [6.45, 7) is 11.9. The molecule has 0 radical (unpaired) electrons. The number of amides is 1. The van der Waals surface area contributed by atoms with Crippen molar-refractivity contribution in [3.63, 3.8) is 0 Å². The van der Waals surface area contributed by atoms with Crippen LogP contribution >= 0.6 is 0 Å². The first-order valence-corrected chi connectivity index (χ1v) is 10.4. The van der Waals surface area contributed by atoms with Crippen molar-refractivity contribution in [1.82, 2.24) is 15.1 Å². The van der Waals surface area contributed by atoms with Gasteiger partial charge in [-0.1, -0.05) is 20.8 Å². The van der Waals surface area contributed by atoms with Crippen LogP contribution in [-0.4, -0.2) is 28.0 Å². The zero-order chi connectivity index (χ0) is 19.4. The molecule has 0 saturated heterocycles. The van der Waals surface area contributed by atoms with E-state index < -0.39 is 6.09 Å². The molecule has 0 spiro atoms. The molecular formula is C21H34N4O2. The molecule has 1 amide bonds. The third-order valence-electron chi connectivity index (χ3n) is 7.47. The summed E-state index contributed by atoms with van der Waals surface area (Å²) in [7, 11) is 0. The molecule has 2 bridgehead atoms. The number of rotatable bonds is 3. The van der Waals surface area contributed by atoms with Gasteiger partial charge in [-0.3, -0.25) is 4.68 Å². The highest BCUT2D eigenvalue weighted by Crippen LogP contribution is 2.61. The molecule has 1 unspecified atom stereocenters. The van der Waals surface area contributed by atoms with E-state index in [1.807, 2.05) is 0 Å². The molecule has 4 aliphatic rings. The van der Waals surface area contributed by atoms with Gasteiger partial charge in [-0.05, 0) is 49.9 Å². The average Bonchev–Trinajstić information content (AvgIpc) is 2.90. The standard InChI is InChI=1S/C21H34N4O2/c1-14-15-12-23-10-5-16(15)25(24-14)13-20-6-8-21(9-7-20,27-18(22)26)17(11-20)19(2,3)4/h17,23H,5-13H2,1-4H3,(H2,22,26). The highest BCUT2D eigenvalue weighted by atomic mass is 16.6. The maximum Gasteiger partial charge on any atom is 0.405 e. The Balaban J connectivity index is 1.63. The van der Waals surface area contributed by atoms with E-state index in [0.29, 0.717) is 5.92 Å². The molecule has 5 rings (SSSR count). The highest BCUT2D eigenvalue weighted by molar-refractivity contribution is 5.65. The summed E-state index contributed by atoms with van der Waals surface area (Å²) in [5, 5.41) is 8.39. The first-order chi connectivity index (χ1) is 12.6. The van der Waals surface area contributed by atoms with Crippen molar-refractivity contribution in [2.24, 2.45) is 22.5 Å². The lowest BCUT2D eigenvalue weighted by Crippen LogP contribution is -2.59. The Kier molecular flexibility index (Phi) is 4.33. The zero-order valence-electron chi connectivity index (χ0n) is 17.2. The van der Waals surface area contributed by atoms with E-state index in [2.05, 4.69) is 37.7 Å². The summed E-state index contributed by atoms with van der Waals surface area (Å²) in [5.74, 6) is 0.328. The number of aromatic nitrogens is 2. The van der Waals surface area contributed by atoms with Gasteiger partial charge in [-0.15, -0.1) is 0 Å². The summed E-state index contributed by atoms with van der Waals surface area (Å²) >= 11 is 0. The van der Waals surface area contributed by atoms with E-state index in [9.17, 15) is 4.79 Å². The molecular weight excluding hydrogens is 340 g/mol. The molecule has 1 aromatic rings. The van der Waals surface area contributed by atoms with E-state index in [4.69, 9.17) is 15.6 Å². The number of aryl methyl sites for hydroxylation is 1. The molecule has 27 heavy (non-hydrogen) atoms. The molecule has 3 aliphatic carbocycles. The number of carbonyl (C=O) groups is 1. The normalized spacial score (nSPS) is 33.0. The topological polar surface area (TPSA) is 82.2 Å². The predicted octanol–water partition coefficient (Wildman–Crippen LogP) is 3.30. The monoisotopic (exact) mass is 374 g/mol. The van der Waals surface area contributed by atoms with Gasteiger partial charge in [0.1, 0.15) is 5.60 Å². The Morgan fingerprint density at radius 3 is 2.67 bits per heavy atom. The summed E-state index contributed by atoms with van der Waals surface area (Å²) in [4.78, 5) is 11.6. The van der Waals surface area contributed by atoms with Crippen LogP contribution in [0.5, 0.6) is 0 Å². The molecule has 3 N–H and O–H groups in total. The fourth-order valence-electron chi connectivity index (χ4n) is 6.11. The Bertz CT molecular complexity index is 738. The third-order valence-corrected chi connectivity index (χ3v) is 7.47. The van der Waals surface area contributed by atoms with E-state index in [0.717, 1.165) is 58.2 Å². The van der Waals surface area contributed by atoms with Crippen molar-refractivity contribution < 1.29 is 9.53 Å². The molecule has 1 aromatic heterocycles. The molecule has 3 fully saturated rings. The number of ether oxygens (including phenoxy) is 1. The van der Waals surface area contributed by atoms with Crippen molar-refractivity contribution >= 4 is 6.09 Å². The van der Waals surface area contributed by atoms with Crippen molar-refractivity contribution in [3.8, 4) is 0 Å². The predicted molar refractivity (Wildman–Crippen MR) is 104 cm³/mol. The lowest BCUT2D eigenvalue weighted by molar-refractivity contribution is -0.172. The summed E-state index contributed by atoms with van der Waals surface area (Å²) < 4.78 is 8.11. The third kappa shape index (κ3) is 3.16. The number of carbonyl (C=O) groups excluding carboxylic acids is 1. The summed E-state index contributed by atoms with van der Waals surface area (Å²) in [6, 6.07) is 0. The van der Waals surface area contributed by atoms with Crippen LogP contribution < -0.4 is 11.1 Å². The number of primary amides is 1. The van der Waals surface area contributed by atoms with Crippen molar-refractivity contribution in [3.05, 3.63) is 17.0 Å². The van der Waals surface area contributed by atoms with Gasteiger partial charge in [0, 0.05) is 43.2 Å². The zero-order valence-corrected chi connectivity index (χ0v) is 17.2. The second-order valence-corrected chi connectivity index (χ2v) is 10.2. The molecule has 2 heterocycles. The van der Waals surface area contributed by atoms with Crippen LogP contribution in [0.15, 0.2) is 0 Å². The smallest absolute Gasteiger partial charge is 0.405 e. The largest absolute Gasteiger partial charge is 0.443 e. The fraction of sp³-hybridized carbons (Fsp3) is 0.810. The van der Waals surface area contributed by atoms with E-state index >= 15 is 0 Å². The van der Waals surface area contributed by atoms with Gasteiger partial charge in [-0.25, -0.2) is 4.79 Å². The minimum Gasteiger partial charge on any atom is -0.443 e. The van der Waals surface area contributed by atoms with Crippen LogP contribution in [0.4, 0.5) is 4.79 Å². The molecule has 3 saturated carbocycles. The van der Waals surface area contributed by atoms with E-state index in [-0.39, 0.29) is 16.4 Å². The minimum absolute atomic E-state index is 0.0743. The first-order valence-electron chi connectivity index (χ1n) is 10.4. The number of nitrogens with one attached hydrogen (secondary N) is 1. The van der Waals surface area contributed by atoms with Crippen molar-refractivity contribution in [2.75, 3.05) is 6.54 Å². The number of fused-ring (bicyclic) bond motifs is 4. The molecule has 6 heteroatoms. The van der Waals surface area contributed by atoms with Crippen molar-refractivity contribution in [1.29, 1.82) is 0 Å². The maximum atomic E-state index is 11.6. The molecule has 6 nitrogen and oxygen atoms in total. The van der Waals surface area contributed by atoms with Gasteiger partial charge in [-0.2, -0.15) is 5.10 Å². The van der Waals surface area contributed by atoms with Crippen LogP contribution in [0.25, 0.3) is 0 Å². The Morgan fingerprint density at radius 1 is 1.33 bits per heavy atom. The second kappa shape index (κ2) is 6.23. The summed E-state index contributed by atoms with van der Waals surface area (Å²) in [6.07, 6.45) is 5.52.